The van der Waals surface area contributed by atoms with E-state index in [1.807, 2.05) is 42.5 Å². The van der Waals surface area contributed by atoms with Crippen molar-refractivity contribution >= 4 is 28.3 Å². The molecular weight excluding hydrogens is 322 g/mol. The number of rotatable bonds is 4. The van der Waals surface area contributed by atoms with E-state index >= 15 is 0 Å². The Bertz CT molecular complexity index is 920. The Labute approximate surface area is 144 Å². The molecule has 3 rings (SSSR count). The number of hydrogen-bond acceptors (Lipinski definition) is 3. The molecule has 0 fully saturated rings. The van der Waals surface area contributed by atoms with E-state index in [0.29, 0.717) is 5.56 Å². The van der Waals surface area contributed by atoms with Gasteiger partial charge in [0.15, 0.2) is 5.78 Å². The Morgan fingerprint density at radius 3 is 2.08 bits per heavy atom. The Kier molecular flexibility index (Phi) is 4.45. The molecule has 0 amide bonds. The van der Waals surface area contributed by atoms with Crippen LogP contribution in [0.2, 0.25) is 0 Å². The van der Waals surface area contributed by atoms with Crippen LogP contribution in [0.1, 0.15) is 26.3 Å². The molecule has 3 aromatic carbocycles. The minimum atomic E-state index is -0.706. The van der Waals surface area contributed by atoms with Gasteiger partial charge in [-0.25, -0.2) is 0 Å². The predicted octanol–water partition coefficient (Wildman–Crippen LogP) is 4.55. The predicted molar refractivity (Wildman–Crippen MR) is 96.3 cm³/mol. The molecule has 0 aromatic heterocycles. The van der Waals surface area contributed by atoms with Crippen LogP contribution in [0.25, 0.3) is 11.1 Å². The van der Waals surface area contributed by atoms with Crippen molar-refractivity contribution in [2.45, 2.75) is 0 Å². The standard InChI is InChI=1S/C20H14ClNO2/c21-20(24)16-11-6-12-17(22)18(16)19(23)15-10-5-4-9-14(15)13-7-2-1-3-8-13/h1-12H,22H2. The van der Waals surface area contributed by atoms with Gasteiger partial charge in [-0.15, -0.1) is 0 Å². The van der Waals surface area contributed by atoms with Crippen LogP contribution in [0.3, 0.4) is 0 Å². The first kappa shape index (κ1) is 16.0. The lowest BCUT2D eigenvalue weighted by molar-refractivity contribution is 0.102. The number of halogens is 1. The number of nitrogens with two attached hydrogens (primary N) is 1. The van der Waals surface area contributed by atoms with Crippen LogP contribution in [-0.2, 0) is 0 Å². The lowest BCUT2D eigenvalue weighted by Crippen LogP contribution is -2.11. The molecule has 4 heteroatoms. The Morgan fingerprint density at radius 2 is 1.38 bits per heavy atom. The third kappa shape index (κ3) is 2.94. The van der Waals surface area contributed by atoms with Crippen molar-refractivity contribution < 1.29 is 9.59 Å². The van der Waals surface area contributed by atoms with Crippen LogP contribution >= 0.6 is 11.6 Å². The van der Waals surface area contributed by atoms with E-state index in [1.54, 1.807) is 24.3 Å². The van der Waals surface area contributed by atoms with Crippen molar-refractivity contribution in [3.05, 3.63) is 89.5 Å². The van der Waals surface area contributed by atoms with Gasteiger partial charge in [0.2, 0.25) is 0 Å². The fourth-order valence-corrected chi connectivity index (χ4v) is 2.83. The molecule has 118 valence electrons. The first-order valence-electron chi connectivity index (χ1n) is 7.37. The van der Waals surface area contributed by atoms with Gasteiger partial charge in [0, 0.05) is 16.8 Å². The van der Waals surface area contributed by atoms with Gasteiger partial charge in [-0.3, -0.25) is 9.59 Å². The van der Waals surface area contributed by atoms with Gasteiger partial charge in [-0.2, -0.15) is 0 Å². The van der Waals surface area contributed by atoms with Crippen LogP contribution in [0.4, 0.5) is 5.69 Å². The fraction of sp³-hybridized carbons (Fsp3) is 0. The van der Waals surface area contributed by atoms with Crippen molar-refractivity contribution in [1.29, 1.82) is 0 Å². The second-order valence-corrected chi connectivity index (χ2v) is 5.63. The summed E-state index contributed by atoms with van der Waals surface area (Å²) < 4.78 is 0. The first-order valence-corrected chi connectivity index (χ1v) is 7.75. The maximum atomic E-state index is 13.1. The minimum absolute atomic E-state index is 0.115. The van der Waals surface area contributed by atoms with Crippen molar-refractivity contribution in [3.63, 3.8) is 0 Å². The van der Waals surface area contributed by atoms with Crippen molar-refractivity contribution in [1.82, 2.24) is 0 Å². The summed E-state index contributed by atoms with van der Waals surface area (Å²) in [5.74, 6) is -0.323. The summed E-state index contributed by atoms with van der Waals surface area (Å²) in [6.07, 6.45) is 0. The number of carbonyl (C=O) groups is 2. The van der Waals surface area contributed by atoms with E-state index in [2.05, 4.69) is 0 Å². The number of hydrogen-bond donors (Lipinski definition) is 1. The number of anilines is 1. The molecule has 0 saturated heterocycles. The average molecular weight is 336 g/mol. The highest BCUT2D eigenvalue weighted by atomic mass is 35.5. The third-order valence-corrected chi connectivity index (χ3v) is 4.00. The van der Waals surface area contributed by atoms with E-state index in [9.17, 15) is 9.59 Å². The van der Waals surface area contributed by atoms with Gasteiger partial charge in [-0.05, 0) is 34.9 Å². The molecule has 0 aliphatic heterocycles. The first-order chi connectivity index (χ1) is 11.6. The van der Waals surface area contributed by atoms with E-state index in [-0.39, 0.29) is 22.6 Å². The van der Waals surface area contributed by atoms with Gasteiger partial charge < -0.3 is 5.73 Å². The smallest absolute Gasteiger partial charge is 0.253 e. The zero-order valence-corrected chi connectivity index (χ0v) is 13.5. The summed E-state index contributed by atoms with van der Waals surface area (Å²) in [7, 11) is 0. The molecule has 0 unspecified atom stereocenters. The number of nitrogen functional groups attached to an aromatic ring is 1. The lowest BCUT2D eigenvalue weighted by atomic mass is 9.91. The molecule has 0 saturated carbocycles. The molecular formula is C20H14ClNO2. The summed E-state index contributed by atoms with van der Waals surface area (Å²) in [4.78, 5) is 24.8. The van der Waals surface area contributed by atoms with Gasteiger partial charge in [-0.1, -0.05) is 60.7 Å². The van der Waals surface area contributed by atoms with Crippen LogP contribution in [0.5, 0.6) is 0 Å². The monoisotopic (exact) mass is 335 g/mol. The van der Waals surface area contributed by atoms with Crippen LogP contribution < -0.4 is 5.73 Å². The summed E-state index contributed by atoms with van der Waals surface area (Å²) in [5.41, 5.74) is 8.60. The molecule has 0 atom stereocenters. The highest BCUT2D eigenvalue weighted by Crippen LogP contribution is 2.29. The molecule has 0 aliphatic rings. The van der Waals surface area contributed by atoms with Crippen LogP contribution in [0.15, 0.2) is 72.8 Å². The van der Waals surface area contributed by atoms with E-state index < -0.39 is 5.24 Å². The van der Waals surface area contributed by atoms with Gasteiger partial charge in [0.05, 0.1) is 5.56 Å². The van der Waals surface area contributed by atoms with Gasteiger partial charge in [0.1, 0.15) is 0 Å². The maximum absolute atomic E-state index is 13.1. The molecule has 24 heavy (non-hydrogen) atoms. The fourth-order valence-electron chi connectivity index (χ4n) is 2.67. The Balaban J connectivity index is 2.19. The molecule has 3 nitrogen and oxygen atoms in total. The second kappa shape index (κ2) is 6.69. The van der Waals surface area contributed by atoms with E-state index in [4.69, 9.17) is 17.3 Å². The molecule has 0 heterocycles. The molecule has 0 spiro atoms. The van der Waals surface area contributed by atoms with Crippen LogP contribution in [0, 0.1) is 0 Å². The summed E-state index contributed by atoms with van der Waals surface area (Å²) in [6.45, 7) is 0. The highest BCUT2D eigenvalue weighted by Gasteiger charge is 2.22. The number of ketones is 1. The number of benzene rings is 3. The highest BCUT2D eigenvalue weighted by molar-refractivity contribution is 6.68. The third-order valence-electron chi connectivity index (χ3n) is 3.79. The van der Waals surface area contributed by atoms with Crippen molar-refractivity contribution in [3.8, 4) is 11.1 Å². The summed E-state index contributed by atoms with van der Waals surface area (Å²) in [6, 6.07) is 21.5. The molecule has 0 radical (unpaired) electrons. The zero-order chi connectivity index (χ0) is 17.1. The number of carbonyl (C=O) groups excluding carboxylic acids is 2. The molecule has 3 aromatic rings. The van der Waals surface area contributed by atoms with E-state index in [1.165, 1.54) is 6.07 Å². The molecule has 2 N–H and O–H groups in total. The SMILES string of the molecule is Nc1cccc(C(=O)Cl)c1C(=O)c1ccccc1-c1ccccc1. The molecule has 0 aliphatic carbocycles. The zero-order valence-electron chi connectivity index (χ0n) is 12.7. The van der Waals surface area contributed by atoms with Crippen LogP contribution in [-0.4, -0.2) is 11.0 Å². The maximum Gasteiger partial charge on any atom is 0.253 e. The lowest BCUT2D eigenvalue weighted by Gasteiger charge is -2.12. The summed E-state index contributed by atoms with van der Waals surface area (Å²) in [5, 5.41) is -0.706. The van der Waals surface area contributed by atoms with Crippen molar-refractivity contribution in [2.75, 3.05) is 5.73 Å². The second-order valence-electron chi connectivity index (χ2n) is 5.28. The van der Waals surface area contributed by atoms with Crippen molar-refractivity contribution in [2.24, 2.45) is 0 Å². The Hall–Kier alpha value is -2.91. The minimum Gasteiger partial charge on any atom is -0.398 e. The normalized spacial score (nSPS) is 10.4. The topological polar surface area (TPSA) is 60.2 Å². The summed E-state index contributed by atoms with van der Waals surface area (Å²) >= 11 is 5.62. The quantitative estimate of drug-likeness (QED) is 0.432. The largest absolute Gasteiger partial charge is 0.398 e. The Morgan fingerprint density at radius 1 is 0.750 bits per heavy atom. The molecule has 0 bridgehead atoms. The van der Waals surface area contributed by atoms with E-state index in [0.717, 1.165) is 11.1 Å². The average Bonchev–Trinajstić information content (AvgIpc) is 2.61. The van der Waals surface area contributed by atoms with Gasteiger partial charge in [0.25, 0.3) is 5.24 Å². The van der Waals surface area contributed by atoms with Gasteiger partial charge >= 0.3 is 0 Å².